The molecule has 5 nitrogen and oxygen atoms in total. The highest BCUT2D eigenvalue weighted by molar-refractivity contribution is 5.41. The molecule has 2 aromatic rings. The summed E-state index contributed by atoms with van der Waals surface area (Å²) >= 11 is 0. The van der Waals surface area contributed by atoms with Crippen molar-refractivity contribution in [1.82, 2.24) is 9.55 Å². The summed E-state index contributed by atoms with van der Waals surface area (Å²) in [5, 5.41) is 0. The molecule has 18 heavy (non-hydrogen) atoms. The summed E-state index contributed by atoms with van der Waals surface area (Å²) < 4.78 is 7.09. The third-order valence-corrected chi connectivity index (χ3v) is 2.47. The Hall–Kier alpha value is -2.30. The molecule has 2 N–H and O–H groups in total. The van der Waals surface area contributed by atoms with Gasteiger partial charge in [-0.1, -0.05) is 0 Å². The van der Waals surface area contributed by atoms with E-state index < -0.39 is 0 Å². The van der Waals surface area contributed by atoms with Crippen molar-refractivity contribution in [3.8, 4) is 5.75 Å². The Labute approximate surface area is 105 Å². The minimum atomic E-state index is -0.231. The van der Waals surface area contributed by atoms with Gasteiger partial charge in [-0.2, -0.15) is 0 Å². The molecule has 0 aliphatic carbocycles. The van der Waals surface area contributed by atoms with Gasteiger partial charge >= 0.3 is 5.69 Å². The molecule has 0 radical (unpaired) electrons. The molecule has 0 bridgehead atoms. The lowest BCUT2D eigenvalue weighted by Crippen LogP contribution is -2.22. The van der Waals surface area contributed by atoms with Crippen molar-refractivity contribution in [2.75, 3.05) is 12.3 Å². The van der Waals surface area contributed by atoms with Gasteiger partial charge in [0.2, 0.25) is 0 Å². The molecule has 1 aromatic heterocycles. The number of ether oxygens (including phenoxy) is 1. The van der Waals surface area contributed by atoms with Crippen LogP contribution in [-0.4, -0.2) is 16.2 Å². The van der Waals surface area contributed by atoms with E-state index in [1.807, 2.05) is 12.1 Å². The fourth-order valence-electron chi connectivity index (χ4n) is 1.55. The predicted octanol–water partition coefficient (Wildman–Crippen LogP) is 1.29. The number of hydrogen-bond acceptors (Lipinski definition) is 4. The first-order valence-electron chi connectivity index (χ1n) is 5.75. The molecule has 0 aliphatic heterocycles. The van der Waals surface area contributed by atoms with Crippen LogP contribution in [0, 0.1) is 0 Å². The van der Waals surface area contributed by atoms with Crippen LogP contribution in [-0.2, 0) is 6.54 Å². The van der Waals surface area contributed by atoms with Gasteiger partial charge < -0.3 is 10.5 Å². The van der Waals surface area contributed by atoms with E-state index >= 15 is 0 Å². The molecular formula is C13H15N3O2. The third-order valence-electron chi connectivity index (χ3n) is 2.47. The summed E-state index contributed by atoms with van der Waals surface area (Å²) in [5.41, 5.74) is 6.05. The first kappa shape index (κ1) is 12.2. The van der Waals surface area contributed by atoms with Crippen molar-refractivity contribution in [2.45, 2.75) is 13.0 Å². The van der Waals surface area contributed by atoms with Crippen LogP contribution >= 0.6 is 0 Å². The summed E-state index contributed by atoms with van der Waals surface area (Å²) in [5.74, 6) is 0.780. The highest BCUT2D eigenvalue weighted by Gasteiger charge is 1.96. The van der Waals surface area contributed by atoms with Crippen LogP contribution in [0.3, 0.4) is 0 Å². The van der Waals surface area contributed by atoms with Crippen molar-refractivity contribution in [1.29, 1.82) is 0 Å². The standard InChI is InChI=1S/C13H15N3O2/c14-11-3-5-12(6-4-11)18-10-2-9-16-8-1-7-15-13(16)17/h1,3-8H,2,9-10,14H2. The molecule has 0 spiro atoms. The Morgan fingerprint density at radius 1 is 1.28 bits per heavy atom. The molecule has 0 unspecified atom stereocenters. The average molecular weight is 245 g/mol. The average Bonchev–Trinajstić information content (AvgIpc) is 2.39. The minimum Gasteiger partial charge on any atom is -0.494 e. The van der Waals surface area contributed by atoms with Gasteiger partial charge in [-0.25, -0.2) is 9.78 Å². The van der Waals surface area contributed by atoms with Gasteiger partial charge in [0.05, 0.1) is 6.61 Å². The van der Waals surface area contributed by atoms with E-state index in [0.717, 1.165) is 12.2 Å². The summed E-state index contributed by atoms with van der Waals surface area (Å²) in [6.07, 6.45) is 3.96. The Morgan fingerprint density at radius 3 is 2.78 bits per heavy atom. The zero-order chi connectivity index (χ0) is 12.8. The molecule has 2 rings (SSSR count). The molecule has 0 amide bonds. The Bertz CT molecular complexity index is 549. The lowest BCUT2D eigenvalue weighted by Gasteiger charge is -2.07. The van der Waals surface area contributed by atoms with Crippen molar-refractivity contribution >= 4 is 5.69 Å². The van der Waals surface area contributed by atoms with Crippen LogP contribution in [0.25, 0.3) is 0 Å². The first-order chi connectivity index (χ1) is 8.75. The molecule has 0 saturated heterocycles. The molecule has 1 aromatic carbocycles. The lowest BCUT2D eigenvalue weighted by molar-refractivity contribution is 0.300. The summed E-state index contributed by atoms with van der Waals surface area (Å²) in [6, 6.07) is 8.97. The van der Waals surface area contributed by atoms with Gasteiger partial charge in [-0.15, -0.1) is 0 Å². The highest BCUT2D eigenvalue weighted by atomic mass is 16.5. The van der Waals surface area contributed by atoms with Gasteiger partial charge in [0.25, 0.3) is 0 Å². The predicted molar refractivity (Wildman–Crippen MR) is 69.5 cm³/mol. The van der Waals surface area contributed by atoms with Gasteiger partial charge in [0, 0.05) is 24.6 Å². The third kappa shape index (κ3) is 3.35. The molecule has 0 saturated carbocycles. The van der Waals surface area contributed by atoms with Crippen LogP contribution in [0.2, 0.25) is 0 Å². The van der Waals surface area contributed by atoms with Crippen molar-refractivity contribution in [3.63, 3.8) is 0 Å². The van der Waals surface area contributed by atoms with Crippen LogP contribution in [0.4, 0.5) is 5.69 Å². The van der Waals surface area contributed by atoms with Gasteiger partial charge in [0.15, 0.2) is 0 Å². The zero-order valence-corrected chi connectivity index (χ0v) is 9.95. The van der Waals surface area contributed by atoms with Crippen LogP contribution in [0.15, 0.2) is 47.5 Å². The van der Waals surface area contributed by atoms with Crippen molar-refractivity contribution < 1.29 is 4.74 Å². The van der Waals surface area contributed by atoms with E-state index in [9.17, 15) is 4.79 Å². The Morgan fingerprint density at radius 2 is 2.06 bits per heavy atom. The van der Waals surface area contributed by atoms with Gasteiger partial charge in [-0.05, 0) is 36.8 Å². The second-order valence-corrected chi connectivity index (χ2v) is 3.87. The lowest BCUT2D eigenvalue weighted by atomic mass is 10.3. The monoisotopic (exact) mass is 245 g/mol. The van der Waals surface area contributed by atoms with Crippen LogP contribution in [0.5, 0.6) is 5.75 Å². The fraction of sp³-hybridized carbons (Fsp3) is 0.231. The number of nitrogen functional groups attached to an aromatic ring is 1. The zero-order valence-electron chi connectivity index (χ0n) is 9.95. The number of aryl methyl sites for hydroxylation is 1. The summed E-state index contributed by atoms with van der Waals surface area (Å²) in [7, 11) is 0. The number of nitrogens with two attached hydrogens (primary N) is 1. The van der Waals surface area contributed by atoms with E-state index in [4.69, 9.17) is 10.5 Å². The van der Waals surface area contributed by atoms with E-state index in [0.29, 0.717) is 18.8 Å². The Balaban J connectivity index is 1.78. The molecule has 0 fully saturated rings. The summed E-state index contributed by atoms with van der Waals surface area (Å²) in [4.78, 5) is 15.0. The van der Waals surface area contributed by atoms with E-state index in [1.54, 1.807) is 29.0 Å². The van der Waals surface area contributed by atoms with E-state index in [2.05, 4.69) is 4.98 Å². The van der Waals surface area contributed by atoms with Crippen LogP contribution in [0.1, 0.15) is 6.42 Å². The molecule has 5 heteroatoms. The van der Waals surface area contributed by atoms with Gasteiger partial charge in [-0.3, -0.25) is 4.57 Å². The SMILES string of the molecule is Nc1ccc(OCCCn2cccnc2=O)cc1. The second-order valence-electron chi connectivity index (χ2n) is 3.87. The molecule has 0 aliphatic rings. The maximum absolute atomic E-state index is 11.3. The summed E-state index contributed by atoms with van der Waals surface area (Å²) in [6.45, 7) is 1.15. The number of anilines is 1. The number of aromatic nitrogens is 2. The minimum absolute atomic E-state index is 0.231. The number of rotatable bonds is 5. The van der Waals surface area contributed by atoms with E-state index in [-0.39, 0.29) is 5.69 Å². The molecular weight excluding hydrogens is 230 g/mol. The number of hydrogen-bond donors (Lipinski definition) is 1. The maximum Gasteiger partial charge on any atom is 0.347 e. The van der Waals surface area contributed by atoms with Crippen molar-refractivity contribution in [3.05, 3.63) is 53.2 Å². The topological polar surface area (TPSA) is 70.1 Å². The van der Waals surface area contributed by atoms with Crippen LogP contribution < -0.4 is 16.2 Å². The normalized spacial score (nSPS) is 10.2. The quantitative estimate of drug-likeness (QED) is 0.636. The van der Waals surface area contributed by atoms with Gasteiger partial charge in [0.1, 0.15) is 5.75 Å². The highest BCUT2D eigenvalue weighted by Crippen LogP contribution is 2.13. The molecule has 94 valence electrons. The second kappa shape index (κ2) is 5.86. The molecule has 1 heterocycles. The van der Waals surface area contributed by atoms with E-state index in [1.165, 1.54) is 6.20 Å². The maximum atomic E-state index is 11.3. The Kier molecular flexibility index (Phi) is 3.96. The molecule has 0 atom stereocenters. The van der Waals surface area contributed by atoms with Crippen molar-refractivity contribution in [2.24, 2.45) is 0 Å². The largest absolute Gasteiger partial charge is 0.494 e. The number of benzene rings is 1. The first-order valence-corrected chi connectivity index (χ1v) is 5.75. The smallest absolute Gasteiger partial charge is 0.347 e. The fourth-order valence-corrected chi connectivity index (χ4v) is 1.55. The number of nitrogens with zero attached hydrogens (tertiary/aromatic N) is 2.